The molecular weight excluding hydrogens is 459 g/mol. The zero-order valence-corrected chi connectivity index (χ0v) is 20.7. The molecule has 0 aromatic heterocycles. The average Bonchev–Trinajstić information content (AvgIpc) is 2.71. The summed E-state index contributed by atoms with van der Waals surface area (Å²) in [5, 5.41) is 14.5. The van der Waals surface area contributed by atoms with E-state index in [2.05, 4.69) is 10.6 Å². The maximum Gasteiger partial charge on any atom is 0.396 e. The van der Waals surface area contributed by atoms with Gasteiger partial charge in [-0.15, -0.1) is 0 Å². The minimum Gasteiger partial charge on any atom is -0.481 e. The molecule has 1 atom stereocenters. The summed E-state index contributed by atoms with van der Waals surface area (Å²) >= 11 is 0. The maximum atomic E-state index is 13.7. The number of carboxylic acid groups (broad SMARTS) is 1. The lowest BCUT2D eigenvalue weighted by Crippen LogP contribution is -2.33. The van der Waals surface area contributed by atoms with Gasteiger partial charge in [-0.25, -0.2) is 4.79 Å². The largest absolute Gasteiger partial charge is 0.481 e. The van der Waals surface area contributed by atoms with Gasteiger partial charge in [0.05, 0.1) is 23.7 Å². The number of benzene rings is 2. The summed E-state index contributed by atoms with van der Waals surface area (Å²) in [4.78, 5) is 26.0. The summed E-state index contributed by atoms with van der Waals surface area (Å²) in [6.45, 7) is 11.2. The molecule has 3 N–H and O–H groups in total. The molecule has 0 fully saturated rings. The fourth-order valence-corrected chi connectivity index (χ4v) is 3.89. The number of carbonyl (C=O) groups excluding carboxylic acids is 1. The molecule has 0 saturated heterocycles. The number of aryl methyl sites for hydroxylation is 1. The molecule has 0 saturated carbocycles. The predicted molar refractivity (Wildman–Crippen MR) is 133 cm³/mol. The molecule has 0 aliphatic carbocycles. The Morgan fingerprint density at radius 3 is 2.03 bits per heavy atom. The topological polar surface area (TPSA) is 81.7 Å². The van der Waals surface area contributed by atoms with Crippen LogP contribution in [0, 0.1) is 18.8 Å². The number of aliphatic carboxylic acids is 1. The van der Waals surface area contributed by atoms with Gasteiger partial charge in [0.2, 0.25) is 0 Å². The fourth-order valence-electron chi connectivity index (χ4n) is 3.89. The Hall–Kier alpha value is -3.23. The predicted octanol–water partition coefficient (Wildman–Crippen LogP) is 6.88. The van der Waals surface area contributed by atoms with E-state index < -0.39 is 30.5 Å². The first-order valence-corrected chi connectivity index (χ1v) is 11.6. The molecule has 0 bridgehead atoms. The van der Waals surface area contributed by atoms with E-state index in [0.717, 1.165) is 5.56 Å². The van der Waals surface area contributed by atoms with E-state index >= 15 is 0 Å². The van der Waals surface area contributed by atoms with E-state index in [1.54, 1.807) is 12.1 Å². The molecule has 0 heterocycles. The van der Waals surface area contributed by atoms with Crippen molar-refractivity contribution in [3.63, 3.8) is 0 Å². The highest BCUT2D eigenvalue weighted by molar-refractivity contribution is 6.02. The lowest BCUT2D eigenvalue weighted by Gasteiger charge is -2.31. The van der Waals surface area contributed by atoms with E-state index in [4.69, 9.17) is 5.11 Å². The Morgan fingerprint density at radius 2 is 1.51 bits per heavy atom. The van der Waals surface area contributed by atoms with Gasteiger partial charge in [0.15, 0.2) is 0 Å². The Morgan fingerprint density at radius 1 is 0.943 bits per heavy atom. The molecule has 192 valence electrons. The maximum absolute atomic E-state index is 13.7. The zero-order chi connectivity index (χ0) is 26.3. The molecule has 0 aliphatic heterocycles. The molecule has 1 unspecified atom stereocenters. The van der Waals surface area contributed by atoms with Gasteiger partial charge in [-0.05, 0) is 48.1 Å². The highest BCUT2D eigenvalue weighted by atomic mass is 19.4. The van der Waals surface area contributed by atoms with Crippen LogP contribution in [0.1, 0.15) is 51.2 Å². The fraction of sp³-hybridized carbons (Fsp3) is 0.462. The summed E-state index contributed by atoms with van der Waals surface area (Å²) in [6.07, 6.45) is -5.85. The van der Waals surface area contributed by atoms with Gasteiger partial charge in [0.25, 0.3) is 0 Å². The number of halogens is 3. The molecule has 2 rings (SSSR count). The van der Waals surface area contributed by atoms with E-state index in [9.17, 15) is 22.8 Å². The second-order valence-electron chi connectivity index (χ2n) is 9.56. The van der Waals surface area contributed by atoms with E-state index in [1.165, 1.54) is 18.2 Å². The molecular formula is C26H34F3N3O3. The third-order valence-electron chi connectivity index (χ3n) is 5.35. The minimum absolute atomic E-state index is 0.189. The summed E-state index contributed by atoms with van der Waals surface area (Å²) in [7, 11) is 0. The first kappa shape index (κ1) is 28.0. The summed E-state index contributed by atoms with van der Waals surface area (Å²) in [6, 6.07) is 10.6. The monoisotopic (exact) mass is 493 g/mol. The SMILES string of the molecule is Cc1ccccc1NC(=O)Nc1cc(C(CC(=O)O)C(F)(F)F)ccc1N(CC(C)C)CC(C)C. The van der Waals surface area contributed by atoms with Crippen molar-refractivity contribution >= 4 is 29.1 Å². The van der Waals surface area contributed by atoms with Crippen LogP contribution in [-0.2, 0) is 4.79 Å². The number of carbonyl (C=O) groups is 2. The average molecular weight is 494 g/mol. The van der Waals surface area contributed by atoms with Crippen molar-refractivity contribution in [2.75, 3.05) is 28.6 Å². The van der Waals surface area contributed by atoms with Crippen molar-refractivity contribution in [2.24, 2.45) is 11.8 Å². The van der Waals surface area contributed by atoms with Crippen LogP contribution in [0.15, 0.2) is 42.5 Å². The Kier molecular flexibility index (Phi) is 9.56. The number of nitrogens with zero attached hydrogens (tertiary/aromatic N) is 1. The molecule has 9 heteroatoms. The second kappa shape index (κ2) is 12.0. The molecule has 2 aromatic rings. The highest BCUT2D eigenvalue weighted by Crippen LogP contribution is 2.40. The van der Waals surface area contributed by atoms with Crippen molar-refractivity contribution < 1.29 is 27.9 Å². The number of rotatable bonds is 10. The number of anilines is 3. The van der Waals surface area contributed by atoms with E-state index in [0.29, 0.717) is 24.5 Å². The summed E-state index contributed by atoms with van der Waals surface area (Å²) < 4.78 is 41.2. The van der Waals surface area contributed by atoms with E-state index in [-0.39, 0.29) is 23.1 Å². The smallest absolute Gasteiger partial charge is 0.396 e. The summed E-state index contributed by atoms with van der Waals surface area (Å²) in [5.41, 5.74) is 1.95. The quantitative estimate of drug-likeness (QED) is 0.337. The number of alkyl halides is 3. The third kappa shape index (κ3) is 8.49. The van der Waals surface area contributed by atoms with Crippen molar-refractivity contribution in [1.29, 1.82) is 0 Å². The number of hydrogen-bond donors (Lipinski definition) is 3. The molecule has 0 aliphatic rings. The summed E-state index contributed by atoms with van der Waals surface area (Å²) in [5.74, 6) is -3.23. The van der Waals surface area contributed by atoms with E-state index in [1.807, 2.05) is 51.7 Å². The van der Waals surface area contributed by atoms with Gasteiger partial charge in [0, 0.05) is 18.8 Å². The Bertz CT molecular complexity index is 1010. The standard InChI is InChI=1S/C26H34F3N3O3/c1-16(2)14-32(15-17(3)4)23-11-10-19(20(13-24(33)34)26(27,28)29)12-22(23)31-25(35)30-21-9-7-6-8-18(21)5/h6-12,16-17,20H,13-15H2,1-5H3,(H,33,34)(H2,30,31,35). The van der Waals surface area contributed by atoms with Crippen LogP contribution in [0.25, 0.3) is 0 Å². The molecule has 0 radical (unpaired) electrons. The lowest BCUT2D eigenvalue weighted by molar-refractivity contribution is -0.163. The van der Waals surface area contributed by atoms with Crippen molar-refractivity contribution in [3.05, 3.63) is 53.6 Å². The highest BCUT2D eigenvalue weighted by Gasteiger charge is 2.42. The Balaban J connectivity index is 2.53. The van der Waals surface area contributed by atoms with Gasteiger partial charge in [-0.3, -0.25) is 4.79 Å². The van der Waals surface area contributed by atoms with Crippen LogP contribution in [0.3, 0.4) is 0 Å². The van der Waals surface area contributed by atoms with Crippen LogP contribution >= 0.6 is 0 Å². The van der Waals surface area contributed by atoms with Crippen LogP contribution < -0.4 is 15.5 Å². The van der Waals surface area contributed by atoms with Crippen LogP contribution in [0.5, 0.6) is 0 Å². The van der Waals surface area contributed by atoms with Gasteiger partial charge >= 0.3 is 18.2 Å². The normalized spacial score (nSPS) is 12.5. The molecule has 6 nitrogen and oxygen atoms in total. The van der Waals surface area contributed by atoms with Gasteiger partial charge in [-0.2, -0.15) is 13.2 Å². The number of carboxylic acids is 1. The first-order chi connectivity index (χ1) is 16.3. The number of hydrogen-bond acceptors (Lipinski definition) is 3. The molecule has 0 spiro atoms. The zero-order valence-electron chi connectivity index (χ0n) is 20.7. The number of nitrogens with one attached hydrogen (secondary N) is 2. The number of amides is 2. The van der Waals surface area contributed by atoms with Gasteiger partial charge in [-0.1, -0.05) is 52.0 Å². The molecule has 2 aromatic carbocycles. The van der Waals surface area contributed by atoms with Gasteiger partial charge in [0.1, 0.15) is 0 Å². The van der Waals surface area contributed by atoms with Crippen molar-refractivity contribution in [3.8, 4) is 0 Å². The van der Waals surface area contributed by atoms with Crippen LogP contribution in [0.2, 0.25) is 0 Å². The molecule has 2 amide bonds. The van der Waals surface area contributed by atoms with Crippen LogP contribution in [-0.4, -0.2) is 36.4 Å². The van der Waals surface area contributed by atoms with Crippen LogP contribution in [0.4, 0.5) is 35.0 Å². The second-order valence-corrected chi connectivity index (χ2v) is 9.56. The lowest BCUT2D eigenvalue weighted by atomic mass is 9.94. The molecule has 35 heavy (non-hydrogen) atoms. The van der Waals surface area contributed by atoms with Gasteiger partial charge < -0.3 is 20.6 Å². The minimum atomic E-state index is -4.75. The number of urea groups is 1. The van der Waals surface area contributed by atoms with Crippen molar-refractivity contribution in [1.82, 2.24) is 0 Å². The number of para-hydroxylation sites is 1. The Labute approximate surface area is 204 Å². The van der Waals surface area contributed by atoms with Crippen molar-refractivity contribution in [2.45, 2.75) is 53.1 Å². The first-order valence-electron chi connectivity index (χ1n) is 11.6. The third-order valence-corrected chi connectivity index (χ3v) is 5.35.